The molecule has 2 amide bonds. The Morgan fingerprint density at radius 2 is 1.86 bits per heavy atom. The summed E-state index contributed by atoms with van der Waals surface area (Å²) in [6.07, 6.45) is 0. The molecule has 0 saturated heterocycles. The quantitative estimate of drug-likeness (QED) is 0.491. The minimum atomic E-state index is -0.573. The molecular formula is C20H19FN4O3S. The molecule has 0 bridgehead atoms. The molecule has 9 heteroatoms. The summed E-state index contributed by atoms with van der Waals surface area (Å²) in [5.74, 6) is -1.25. The average molecular weight is 414 g/mol. The molecule has 3 rings (SSSR count). The highest BCUT2D eigenvalue weighted by molar-refractivity contribution is 7.99. The van der Waals surface area contributed by atoms with Crippen LogP contribution < -0.4 is 10.9 Å². The van der Waals surface area contributed by atoms with Crippen LogP contribution in [0.5, 0.6) is 0 Å². The fourth-order valence-electron chi connectivity index (χ4n) is 2.67. The van der Waals surface area contributed by atoms with Crippen LogP contribution in [-0.2, 0) is 9.59 Å². The van der Waals surface area contributed by atoms with Crippen molar-refractivity contribution < 1.29 is 14.0 Å². The van der Waals surface area contributed by atoms with Crippen LogP contribution in [0.4, 0.5) is 4.39 Å². The maximum Gasteiger partial charge on any atom is 0.266 e. The van der Waals surface area contributed by atoms with Crippen molar-refractivity contribution in [3.63, 3.8) is 0 Å². The van der Waals surface area contributed by atoms with E-state index in [-0.39, 0.29) is 35.0 Å². The molecule has 3 aromatic rings. The fourth-order valence-corrected chi connectivity index (χ4v) is 3.62. The van der Waals surface area contributed by atoms with Crippen molar-refractivity contribution in [2.45, 2.75) is 5.16 Å². The van der Waals surface area contributed by atoms with Gasteiger partial charge in [0.05, 0.1) is 28.9 Å². The topological polar surface area (TPSA) is 84.3 Å². The van der Waals surface area contributed by atoms with Gasteiger partial charge in [0.15, 0.2) is 5.16 Å². The zero-order valence-electron chi connectivity index (χ0n) is 15.9. The van der Waals surface area contributed by atoms with E-state index in [0.29, 0.717) is 10.9 Å². The molecule has 0 aliphatic heterocycles. The number of carbonyl (C=O) groups excluding carboxylic acids is 2. The van der Waals surface area contributed by atoms with Gasteiger partial charge in [0.25, 0.3) is 5.56 Å². The second-order valence-electron chi connectivity index (χ2n) is 6.22. The standard InChI is InChI=1S/C20H19FN4O3S/c1-22-17(26)11-24(2)18(27)12-29-20-23-15-9-5-3-7-13(15)19(28)25(20)16-10-6-4-8-14(16)21/h3-10H,11-12H2,1-2H3,(H,22,26). The van der Waals surface area contributed by atoms with Crippen molar-refractivity contribution in [1.82, 2.24) is 19.8 Å². The largest absolute Gasteiger partial charge is 0.358 e. The Kier molecular flexibility index (Phi) is 6.28. The zero-order chi connectivity index (χ0) is 21.0. The number of hydrogen-bond donors (Lipinski definition) is 1. The van der Waals surface area contributed by atoms with Gasteiger partial charge in [-0.25, -0.2) is 9.37 Å². The summed E-state index contributed by atoms with van der Waals surface area (Å²) < 4.78 is 15.6. The van der Waals surface area contributed by atoms with Crippen LogP contribution in [0.1, 0.15) is 0 Å². The third kappa shape index (κ3) is 4.45. The lowest BCUT2D eigenvalue weighted by atomic mass is 10.2. The van der Waals surface area contributed by atoms with Gasteiger partial charge in [0.1, 0.15) is 5.82 Å². The van der Waals surface area contributed by atoms with Gasteiger partial charge in [-0.05, 0) is 24.3 Å². The number of halogens is 1. The number of amides is 2. The van der Waals surface area contributed by atoms with Gasteiger partial charge in [-0.1, -0.05) is 36.0 Å². The molecule has 1 aromatic heterocycles. The molecule has 0 spiro atoms. The molecule has 1 heterocycles. The fraction of sp³-hybridized carbons (Fsp3) is 0.200. The van der Waals surface area contributed by atoms with E-state index in [1.807, 2.05) is 0 Å². The lowest BCUT2D eigenvalue weighted by molar-refractivity contribution is -0.132. The summed E-state index contributed by atoms with van der Waals surface area (Å²) in [6, 6.07) is 12.7. The second-order valence-corrected chi connectivity index (χ2v) is 7.16. The lowest BCUT2D eigenvalue weighted by Gasteiger charge is -2.17. The molecule has 0 unspecified atom stereocenters. The van der Waals surface area contributed by atoms with Crippen LogP contribution in [-0.4, -0.2) is 52.7 Å². The van der Waals surface area contributed by atoms with Crippen molar-refractivity contribution in [3.05, 3.63) is 64.7 Å². The Hall–Kier alpha value is -3.20. The number of fused-ring (bicyclic) bond motifs is 1. The molecule has 0 aliphatic carbocycles. The first-order valence-electron chi connectivity index (χ1n) is 8.76. The highest BCUT2D eigenvalue weighted by atomic mass is 32.2. The van der Waals surface area contributed by atoms with Crippen LogP contribution in [0.3, 0.4) is 0 Å². The molecular weight excluding hydrogens is 395 g/mol. The van der Waals surface area contributed by atoms with E-state index in [1.54, 1.807) is 30.3 Å². The predicted molar refractivity (Wildman–Crippen MR) is 110 cm³/mol. The Morgan fingerprint density at radius 1 is 1.17 bits per heavy atom. The van der Waals surface area contributed by atoms with Gasteiger partial charge in [-0.2, -0.15) is 0 Å². The minimum Gasteiger partial charge on any atom is -0.358 e. The number of carbonyl (C=O) groups is 2. The number of para-hydroxylation sites is 2. The number of rotatable bonds is 6. The van der Waals surface area contributed by atoms with E-state index in [1.165, 1.54) is 41.8 Å². The van der Waals surface area contributed by atoms with Crippen LogP contribution in [0.15, 0.2) is 58.5 Å². The number of likely N-dealkylation sites (N-methyl/N-ethyl adjacent to an activating group) is 2. The average Bonchev–Trinajstić information content (AvgIpc) is 2.72. The van der Waals surface area contributed by atoms with E-state index in [4.69, 9.17) is 0 Å². The first kappa shape index (κ1) is 20.5. The zero-order valence-corrected chi connectivity index (χ0v) is 16.7. The van der Waals surface area contributed by atoms with Crippen molar-refractivity contribution in [3.8, 4) is 5.69 Å². The molecule has 0 fully saturated rings. The molecule has 150 valence electrons. The van der Waals surface area contributed by atoms with Gasteiger partial charge in [0.2, 0.25) is 11.8 Å². The highest BCUT2D eigenvalue weighted by Crippen LogP contribution is 2.23. The molecule has 7 nitrogen and oxygen atoms in total. The Balaban J connectivity index is 2.00. The van der Waals surface area contributed by atoms with Crippen LogP contribution >= 0.6 is 11.8 Å². The number of benzene rings is 2. The van der Waals surface area contributed by atoms with Crippen LogP contribution in [0.25, 0.3) is 16.6 Å². The molecule has 0 atom stereocenters. The highest BCUT2D eigenvalue weighted by Gasteiger charge is 2.18. The molecule has 29 heavy (non-hydrogen) atoms. The minimum absolute atomic E-state index is 0.0596. The van der Waals surface area contributed by atoms with E-state index >= 15 is 0 Å². The van der Waals surface area contributed by atoms with E-state index < -0.39 is 11.4 Å². The maximum atomic E-state index is 14.4. The summed E-state index contributed by atoms with van der Waals surface area (Å²) in [4.78, 5) is 42.6. The van der Waals surface area contributed by atoms with E-state index in [9.17, 15) is 18.8 Å². The third-order valence-electron chi connectivity index (χ3n) is 4.25. The summed E-state index contributed by atoms with van der Waals surface area (Å²) in [7, 11) is 3.00. The number of nitrogens with one attached hydrogen (secondary N) is 1. The number of aromatic nitrogens is 2. The van der Waals surface area contributed by atoms with Crippen molar-refractivity contribution in [1.29, 1.82) is 0 Å². The van der Waals surface area contributed by atoms with E-state index in [2.05, 4.69) is 10.3 Å². The molecule has 0 radical (unpaired) electrons. The van der Waals surface area contributed by atoms with Gasteiger partial charge in [-0.15, -0.1) is 0 Å². The first-order valence-corrected chi connectivity index (χ1v) is 9.75. The first-order chi connectivity index (χ1) is 13.9. The Bertz CT molecular complexity index is 1130. The summed E-state index contributed by atoms with van der Waals surface area (Å²) in [6.45, 7) is -0.0822. The Labute approximate surface area is 170 Å². The molecule has 0 saturated carbocycles. The SMILES string of the molecule is CNC(=O)CN(C)C(=O)CSc1nc2ccccc2c(=O)n1-c1ccccc1F. The summed E-state index contributed by atoms with van der Waals surface area (Å²) in [5.41, 5.74) is 0.0949. The van der Waals surface area contributed by atoms with Crippen LogP contribution in [0.2, 0.25) is 0 Å². The number of thioether (sulfide) groups is 1. The second kappa shape index (κ2) is 8.87. The lowest BCUT2D eigenvalue weighted by Crippen LogP contribution is -2.37. The molecule has 0 aliphatic rings. The van der Waals surface area contributed by atoms with Gasteiger partial charge < -0.3 is 10.2 Å². The van der Waals surface area contributed by atoms with Crippen molar-refractivity contribution >= 4 is 34.5 Å². The van der Waals surface area contributed by atoms with Gasteiger partial charge in [-0.3, -0.25) is 19.0 Å². The van der Waals surface area contributed by atoms with E-state index in [0.717, 1.165) is 11.8 Å². The van der Waals surface area contributed by atoms with Gasteiger partial charge in [0, 0.05) is 14.1 Å². The molecule has 2 aromatic carbocycles. The predicted octanol–water partition coefficient (Wildman–Crippen LogP) is 1.82. The van der Waals surface area contributed by atoms with Crippen molar-refractivity contribution in [2.24, 2.45) is 0 Å². The number of hydrogen-bond acceptors (Lipinski definition) is 5. The maximum absolute atomic E-state index is 14.4. The summed E-state index contributed by atoms with van der Waals surface area (Å²) in [5, 5.41) is 2.99. The van der Waals surface area contributed by atoms with Crippen molar-refractivity contribution in [2.75, 3.05) is 26.4 Å². The monoisotopic (exact) mass is 414 g/mol. The Morgan fingerprint density at radius 3 is 2.59 bits per heavy atom. The van der Waals surface area contributed by atoms with Gasteiger partial charge >= 0.3 is 0 Å². The number of nitrogens with zero attached hydrogens (tertiary/aromatic N) is 3. The summed E-state index contributed by atoms with van der Waals surface area (Å²) >= 11 is 1.01. The third-order valence-corrected chi connectivity index (χ3v) is 5.17. The van der Waals surface area contributed by atoms with Crippen LogP contribution in [0, 0.1) is 5.82 Å². The smallest absolute Gasteiger partial charge is 0.266 e. The molecule has 1 N–H and O–H groups in total. The normalized spacial score (nSPS) is 10.7.